The SMILES string of the molecule is CCC(CC(=S)S)NN1C(=O)c2ccccc2C1=O. The van der Waals surface area contributed by atoms with Gasteiger partial charge in [-0.15, -0.1) is 12.6 Å². The van der Waals surface area contributed by atoms with Crippen molar-refractivity contribution >= 4 is 40.9 Å². The summed E-state index contributed by atoms with van der Waals surface area (Å²) in [5, 5.41) is 1.07. The Balaban J connectivity index is 2.17. The molecule has 1 atom stereocenters. The van der Waals surface area contributed by atoms with E-state index in [-0.39, 0.29) is 17.9 Å². The predicted octanol–water partition coefficient (Wildman–Crippen LogP) is 2.21. The van der Waals surface area contributed by atoms with Crippen LogP contribution in [0.15, 0.2) is 24.3 Å². The molecule has 1 aromatic rings. The molecule has 100 valence electrons. The Morgan fingerprint density at radius 3 is 2.26 bits per heavy atom. The Morgan fingerprint density at radius 2 is 1.84 bits per heavy atom. The maximum absolute atomic E-state index is 12.1. The quantitative estimate of drug-likeness (QED) is 0.497. The van der Waals surface area contributed by atoms with E-state index in [0.717, 1.165) is 11.4 Å². The number of hydrogen-bond donors (Lipinski definition) is 2. The van der Waals surface area contributed by atoms with E-state index in [4.69, 9.17) is 12.2 Å². The fourth-order valence-corrected chi connectivity index (χ4v) is 2.40. The van der Waals surface area contributed by atoms with Crippen molar-refractivity contribution in [1.29, 1.82) is 0 Å². The molecule has 1 heterocycles. The molecule has 0 radical (unpaired) electrons. The second-order valence-corrected chi connectivity index (χ2v) is 5.66. The number of thiocarbonyl (C=S) groups is 1. The number of benzene rings is 1. The maximum atomic E-state index is 12.1. The highest BCUT2D eigenvalue weighted by molar-refractivity contribution is 8.11. The first kappa shape index (κ1) is 14.2. The van der Waals surface area contributed by atoms with Gasteiger partial charge in [-0.1, -0.05) is 31.3 Å². The minimum Gasteiger partial charge on any atom is -0.267 e. The number of amides is 2. The summed E-state index contributed by atoms with van der Waals surface area (Å²) in [6.45, 7) is 1.96. The van der Waals surface area contributed by atoms with Crippen LogP contribution in [0, 0.1) is 0 Å². The van der Waals surface area contributed by atoms with Gasteiger partial charge in [0.1, 0.15) is 0 Å². The zero-order valence-corrected chi connectivity index (χ0v) is 12.1. The zero-order valence-electron chi connectivity index (χ0n) is 10.4. The Kier molecular flexibility index (Phi) is 4.34. The molecule has 0 aromatic heterocycles. The van der Waals surface area contributed by atoms with Crippen molar-refractivity contribution in [3.05, 3.63) is 35.4 Å². The third-order valence-corrected chi connectivity index (χ3v) is 3.37. The highest BCUT2D eigenvalue weighted by atomic mass is 32.1. The third kappa shape index (κ3) is 2.86. The van der Waals surface area contributed by atoms with Crippen molar-refractivity contribution in [3.8, 4) is 0 Å². The molecule has 19 heavy (non-hydrogen) atoms. The van der Waals surface area contributed by atoms with Crippen LogP contribution in [0.25, 0.3) is 0 Å². The first-order valence-corrected chi connectivity index (χ1v) is 6.86. The van der Waals surface area contributed by atoms with Crippen molar-refractivity contribution in [2.75, 3.05) is 0 Å². The van der Waals surface area contributed by atoms with Crippen LogP contribution < -0.4 is 5.43 Å². The Morgan fingerprint density at radius 1 is 1.32 bits per heavy atom. The molecule has 0 fully saturated rings. The van der Waals surface area contributed by atoms with Crippen molar-refractivity contribution in [1.82, 2.24) is 10.4 Å². The van der Waals surface area contributed by atoms with Crippen LogP contribution in [0.1, 0.15) is 40.5 Å². The number of hydrogen-bond acceptors (Lipinski definition) is 4. The number of rotatable bonds is 5. The first-order chi connectivity index (χ1) is 9.04. The minimum atomic E-state index is -0.316. The number of nitrogens with one attached hydrogen (secondary N) is 1. The van der Waals surface area contributed by atoms with Gasteiger partial charge < -0.3 is 0 Å². The number of thiol groups is 1. The van der Waals surface area contributed by atoms with Crippen LogP contribution in [0.4, 0.5) is 0 Å². The lowest BCUT2D eigenvalue weighted by Gasteiger charge is -2.22. The maximum Gasteiger partial charge on any atom is 0.276 e. The van der Waals surface area contributed by atoms with Gasteiger partial charge in [0.25, 0.3) is 11.8 Å². The Hall–Kier alpha value is -1.24. The van der Waals surface area contributed by atoms with E-state index in [1.54, 1.807) is 24.3 Å². The zero-order chi connectivity index (χ0) is 14.0. The van der Waals surface area contributed by atoms with E-state index < -0.39 is 0 Å². The van der Waals surface area contributed by atoms with E-state index in [0.29, 0.717) is 21.7 Å². The highest BCUT2D eigenvalue weighted by Crippen LogP contribution is 2.21. The van der Waals surface area contributed by atoms with Gasteiger partial charge in [0.15, 0.2) is 0 Å². The molecule has 6 heteroatoms. The van der Waals surface area contributed by atoms with Gasteiger partial charge in [0.2, 0.25) is 0 Å². The molecule has 2 rings (SSSR count). The average Bonchev–Trinajstić information content (AvgIpc) is 2.63. The van der Waals surface area contributed by atoms with Crippen LogP contribution in [-0.4, -0.2) is 27.1 Å². The molecule has 0 saturated heterocycles. The standard InChI is InChI=1S/C13H14N2O2S2/c1-2-8(7-11(18)19)14-15-12(16)9-5-3-4-6-10(9)13(15)17/h3-6,8,14H,2,7H2,1H3,(H,18,19). The van der Waals surface area contributed by atoms with Gasteiger partial charge in [0.05, 0.1) is 11.1 Å². The lowest BCUT2D eigenvalue weighted by molar-refractivity contribution is 0.0534. The Labute approximate surface area is 122 Å². The summed E-state index contributed by atoms with van der Waals surface area (Å²) in [4.78, 5) is 24.3. The normalized spacial score (nSPS) is 15.6. The average molecular weight is 294 g/mol. The van der Waals surface area contributed by atoms with Crippen LogP contribution in [-0.2, 0) is 0 Å². The summed E-state index contributed by atoms with van der Waals surface area (Å²) in [5.41, 5.74) is 3.81. The molecular formula is C13H14N2O2S2. The summed E-state index contributed by atoms with van der Waals surface area (Å²) in [6, 6.07) is 6.72. The Bertz CT molecular complexity index is 510. The molecule has 1 aliphatic rings. The smallest absolute Gasteiger partial charge is 0.267 e. The first-order valence-electron chi connectivity index (χ1n) is 6.00. The van der Waals surface area contributed by atoms with Crippen LogP contribution in [0.5, 0.6) is 0 Å². The highest BCUT2D eigenvalue weighted by Gasteiger charge is 2.36. The molecule has 0 bridgehead atoms. The van der Waals surface area contributed by atoms with E-state index in [1.807, 2.05) is 6.92 Å². The van der Waals surface area contributed by atoms with E-state index in [1.165, 1.54) is 0 Å². The number of nitrogens with zero attached hydrogens (tertiary/aromatic N) is 1. The lowest BCUT2D eigenvalue weighted by Crippen LogP contribution is -2.48. The molecular weight excluding hydrogens is 280 g/mol. The number of carbonyl (C=O) groups is 2. The molecule has 0 saturated carbocycles. The van der Waals surface area contributed by atoms with E-state index in [9.17, 15) is 9.59 Å². The molecule has 1 N–H and O–H groups in total. The number of fused-ring (bicyclic) bond motifs is 1. The van der Waals surface area contributed by atoms with Crippen molar-refractivity contribution < 1.29 is 9.59 Å². The summed E-state index contributed by atoms with van der Waals surface area (Å²) >= 11 is 9.03. The monoisotopic (exact) mass is 294 g/mol. The lowest BCUT2D eigenvalue weighted by atomic mass is 10.1. The molecule has 1 unspecified atom stereocenters. The topological polar surface area (TPSA) is 49.4 Å². The molecule has 0 aliphatic carbocycles. The molecule has 1 aromatic carbocycles. The van der Waals surface area contributed by atoms with Crippen molar-refractivity contribution in [3.63, 3.8) is 0 Å². The van der Waals surface area contributed by atoms with Crippen molar-refractivity contribution in [2.45, 2.75) is 25.8 Å². The number of carbonyl (C=O) groups excluding carboxylic acids is 2. The summed E-state index contributed by atoms with van der Waals surface area (Å²) in [7, 11) is 0. The number of imide groups is 1. The molecule has 0 spiro atoms. The van der Waals surface area contributed by atoms with Gasteiger partial charge in [-0.3, -0.25) is 9.59 Å². The van der Waals surface area contributed by atoms with E-state index >= 15 is 0 Å². The second-order valence-electron chi connectivity index (χ2n) is 4.32. The van der Waals surface area contributed by atoms with Crippen LogP contribution in [0.2, 0.25) is 0 Å². The third-order valence-electron chi connectivity index (χ3n) is 3.02. The van der Waals surface area contributed by atoms with Crippen LogP contribution in [0.3, 0.4) is 0 Å². The molecule has 4 nitrogen and oxygen atoms in total. The molecule has 1 aliphatic heterocycles. The second kappa shape index (κ2) is 5.81. The summed E-state index contributed by atoms with van der Waals surface area (Å²) in [5.74, 6) is -0.631. The minimum absolute atomic E-state index is 0.0767. The van der Waals surface area contributed by atoms with Crippen LogP contribution >= 0.6 is 24.8 Å². The largest absolute Gasteiger partial charge is 0.276 e. The van der Waals surface area contributed by atoms with Crippen molar-refractivity contribution in [2.24, 2.45) is 0 Å². The number of hydrazine groups is 1. The fraction of sp³-hybridized carbons (Fsp3) is 0.308. The van der Waals surface area contributed by atoms with Gasteiger partial charge in [0, 0.05) is 16.7 Å². The predicted molar refractivity (Wildman–Crippen MR) is 80.4 cm³/mol. The summed E-state index contributed by atoms with van der Waals surface area (Å²) < 4.78 is 0.552. The fourth-order valence-electron chi connectivity index (χ4n) is 1.98. The molecule has 2 amide bonds. The van der Waals surface area contributed by atoms with E-state index in [2.05, 4.69) is 18.1 Å². The summed E-state index contributed by atoms with van der Waals surface area (Å²) in [6.07, 6.45) is 1.27. The van der Waals surface area contributed by atoms with Gasteiger partial charge in [-0.25, -0.2) is 10.4 Å². The van der Waals surface area contributed by atoms with Gasteiger partial charge in [-0.2, -0.15) is 0 Å². The van der Waals surface area contributed by atoms with Gasteiger partial charge in [-0.05, 0) is 18.6 Å². The van der Waals surface area contributed by atoms with Gasteiger partial charge >= 0.3 is 0 Å².